The van der Waals surface area contributed by atoms with Crippen molar-refractivity contribution in [2.75, 3.05) is 13.2 Å². The molecule has 3 aliphatic rings. The first-order valence-electron chi connectivity index (χ1n) is 8.67. The number of unbranched alkanes of at least 4 members (excludes halogenated alkanes) is 2. The average Bonchev–Trinajstić information content (AvgIpc) is 2.44. The Morgan fingerprint density at radius 2 is 1.71 bits per heavy atom. The van der Waals surface area contributed by atoms with Crippen LogP contribution in [0.25, 0.3) is 0 Å². The van der Waals surface area contributed by atoms with Gasteiger partial charge in [-0.2, -0.15) is 0 Å². The van der Waals surface area contributed by atoms with Crippen LogP contribution in [0.4, 0.5) is 0 Å². The molecule has 0 aromatic carbocycles. The summed E-state index contributed by atoms with van der Waals surface area (Å²) in [6.07, 6.45) is 9.27. The normalized spacial score (nSPS) is 31.8. The average molecular weight is 309 g/mol. The molecule has 2 bridgehead atoms. The molecule has 3 fully saturated rings. The van der Waals surface area contributed by atoms with Crippen molar-refractivity contribution < 1.29 is 9.47 Å². The number of fused-ring (bicyclic) bond motifs is 3. The minimum Gasteiger partial charge on any atom is -0.349 e. The number of rotatable bonds is 6. The Morgan fingerprint density at radius 3 is 2.24 bits per heavy atom. The molecule has 0 saturated carbocycles. The highest BCUT2D eigenvalue weighted by atomic mass is 28.3. The lowest BCUT2D eigenvalue weighted by molar-refractivity contribution is -0.344. The van der Waals surface area contributed by atoms with Crippen LogP contribution in [0.15, 0.2) is 0 Å². The maximum absolute atomic E-state index is 6.13. The summed E-state index contributed by atoms with van der Waals surface area (Å²) in [6, 6.07) is 0. The molecular weight excluding hydrogens is 276 g/mol. The second-order valence-electron chi connectivity index (χ2n) is 8.00. The highest BCUT2D eigenvalue weighted by Crippen LogP contribution is 2.48. The number of hydrogen-bond donors (Lipinski definition) is 0. The summed E-state index contributed by atoms with van der Waals surface area (Å²) in [7, 11) is -1.19. The van der Waals surface area contributed by atoms with Crippen LogP contribution in [0.3, 0.4) is 0 Å². The predicted molar refractivity (Wildman–Crippen MR) is 90.8 cm³/mol. The third kappa shape index (κ3) is 4.84. The van der Waals surface area contributed by atoms with Crippen molar-refractivity contribution >= 4 is 8.07 Å². The van der Waals surface area contributed by atoms with Crippen LogP contribution in [0.2, 0.25) is 19.6 Å². The molecule has 0 aromatic heterocycles. The fourth-order valence-electron chi connectivity index (χ4n) is 3.40. The summed E-state index contributed by atoms with van der Waals surface area (Å²) in [5, 5.41) is 0. The zero-order valence-corrected chi connectivity index (χ0v) is 15.4. The quantitative estimate of drug-likeness (QED) is 0.400. The zero-order chi connectivity index (χ0) is 15.4. The van der Waals surface area contributed by atoms with Gasteiger partial charge in [0.2, 0.25) is 0 Å². The maximum Gasteiger partial charge on any atom is 0.168 e. The van der Waals surface area contributed by atoms with Crippen molar-refractivity contribution in [1.29, 1.82) is 0 Å². The highest BCUT2D eigenvalue weighted by Gasteiger charge is 2.49. The molecule has 3 rings (SSSR count). The van der Waals surface area contributed by atoms with Crippen molar-refractivity contribution in [1.82, 2.24) is 0 Å². The first-order valence-corrected chi connectivity index (χ1v) is 12.2. The van der Waals surface area contributed by atoms with Crippen LogP contribution in [0.1, 0.15) is 58.3 Å². The van der Waals surface area contributed by atoms with Gasteiger partial charge in [0.15, 0.2) is 5.79 Å². The van der Waals surface area contributed by atoms with E-state index < -0.39 is 8.07 Å². The van der Waals surface area contributed by atoms with Crippen LogP contribution in [0.5, 0.6) is 0 Å². The van der Waals surface area contributed by atoms with Gasteiger partial charge in [-0.15, -0.1) is 11.5 Å². The molecule has 21 heavy (non-hydrogen) atoms. The van der Waals surface area contributed by atoms with Gasteiger partial charge < -0.3 is 9.47 Å². The van der Waals surface area contributed by atoms with Crippen molar-refractivity contribution in [3.8, 4) is 11.5 Å². The van der Waals surface area contributed by atoms with Crippen LogP contribution >= 0.6 is 0 Å². The van der Waals surface area contributed by atoms with E-state index in [1.54, 1.807) is 0 Å². The van der Waals surface area contributed by atoms with Gasteiger partial charge in [0, 0.05) is 24.7 Å². The summed E-state index contributed by atoms with van der Waals surface area (Å²) in [5.41, 5.74) is 3.77. The SMILES string of the molecule is CCCC12CCC(CCCCC#C[Si](C)(C)C)(OC1)OC2. The number of ether oxygens (including phenoxy) is 2. The molecule has 0 aliphatic carbocycles. The molecule has 2 nitrogen and oxygen atoms in total. The molecular formula is C18H32O2Si. The van der Waals surface area contributed by atoms with Crippen LogP contribution in [0, 0.1) is 16.9 Å². The lowest BCUT2D eigenvalue weighted by atomic mass is 9.74. The molecule has 0 atom stereocenters. The van der Waals surface area contributed by atoms with Gasteiger partial charge in [-0.1, -0.05) is 33.0 Å². The molecule has 0 aromatic rings. The van der Waals surface area contributed by atoms with E-state index in [0.29, 0.717) is 5.41 Å². The fraction of sp³-hybridized carbons (Fsp3) is 0.889. The van der Waals surface area contributed by atoms with E-state index in [0.717, 1.165) is 32.5 Å². The first kappa shape index (κ1) is 17.1. The van der Waals surface area contributed by atoms with Gasteiger partial charge in [-0.3, -0.25) is 0 Å². The Morgan fingerprint density at radius 1 is 1.00 bits per heavy atom. The number of hydrogen-bond acceptors (Lipinski definition) is 2. The molecule has 120 valence electrons. The van der Waals surface area contributed by atoms with E-state index >= 15 is 0 Å². The van der Waals surface area contributed by atoms with E-state index in [-0.39, 0.29) is 5.79 Å². The van der Waals surface area contributed by atoms with E-state index in [2.05, 4.69) is 38.0 Å². The second kappa shape index (κ2) is 6.85. The second-order valence-corrected chi connectivity index (χ2v) is 12.7. The molecule has 0 amide bonds. The van der Waals surface area contributed by atoms with Crippen LogP contribution in [-0.2, 0) is 9.47 Å². The Balaban J connectivity index is 1.69. The Bertz CT molecular complexity index is 375. The molecule has 3 aliphatic heterocycles. The Hall–Kier alpha value is -0.303. The van der Waals surface area contributed by atoms with Crippen molar-refractivity contribution in [3.05, 3.63) is 0 Å². The third-order valence-electron chi connectivity index (χ3n) is 4.67. The molecule has 3 heterocycles. The fourth-order valence-corrected chi connectivity index (χ4v) is 4.06. The molecule has 3 saturated heterocycles. The lowest BCUT2D eigenvalue weighted by Gasteiger charge is -2.53. The zero-order valence-electron chi connectivity index (χ0n) is 14.4. The summed E-state index contributed by atoms with van der Waals surface area (Å²) in [4.78, 5) is 0. The standard InChI is InChI=1S/C18H32O2Si/c1-5-10-17-12-13-18(19-15-17,20-16-17)11-8-6-7-9-14-21(2,3)4/h5-8,10-13,15-16H2,1-4H3. The minimum atomic E-state index is -1.19. The monoisotopic (exact) mass is 308 g/mol. The van der Waals surface area contributed by atoms with Crippen molar-refractivity contribution in [2.45, 2.75) is 83.7 Å². The van der Waals surface area contributed by atoms with Crippen LogP contribution < -0.4 is 0 Å². The molecule has 0 spiro atoms. The van der Waals surface area contributed by atoms with Crippen LogP contribution in [-0.4, -0.2) is 27.1 Å². The van der Waals surface area contributed by atoms with E-state index in [9.17, 15) is 0 Å². The van der Waals surface area contributed by atoms with Crippen molar-refractivity contribution in [3.63, 3.8) is 0 Å². The molecule has 0 unspecified atom stereocenters. The van der Waals surface area contributed by atoms with Gasteiger partial charge in [-0.25, -0.2) is 0 Å². The van der Waals surface area contributed by atoms with Gasteiger partial charge in [0.1, 0.15) is 8.07 Å². The highest BCUT2D eigenvalue weighted by molar-refractivity contribution is 6.83. The summed E-state index contributed by atoms with van der Waals surface area (Å²) < 4.78 is 12.3. The van der Waals surface area contributed by atoms with E-state index in [4.69, 9.17) is 9.47 Å². The minimum absolute atomic E-state index is 0.248. The van der Waals surface area contributed by atoms with Gasteiger partial charge in [0.25, 0.3) is 0 Å². The predicted octanol–water partition coefficient (Wildman–Crippen LogP) is 4.75. The largest absolute Gasteiger partial charge is 0.349 e. The van der Waals surface area contributed by atoms with E-state index in [1.807, 2.05) is 0 Å². The summed E-state index contributed by atoms with van der Waals surface area (Å²) in [6.45, 7) is 11.0. The molecule has 0 radical (unpaired) electrons. The third-order valence-corrected chi connectivity index (χ3v) is 5.60. The Labute approximate surface area is 132 Å². The summed E-state index contributed by atoms with van der Waals surface area (Å²) in [5.74, 6) is 3.11. The smallest absolute Gasteiger partial charge is 0.168 e. The Kier molecular flexibility index (Phi) is 5.57. The summed E-state index contributed by atoms with van der Waals surface area (Å²) >= 11 is 0. The molecule has 3 heteroatoms. The maximum atomic E-state index is 6.13. The topological polar surface area (TPSA) is 18.5 Å². The molecule has 0 N–H and O–H groups in total. The van der Waals surface area contributed by atoms with Crippen molar-refractivity contribution in [2.24, 2.45) is 5.41 Å². The van der Waals surface area contributed by atoms with Gasteiger partial charge in [0.05, 0.1) is 13.2 Å². The van der Waals surface area contributed by atoms with Gasteiger partial charge in [-0.05, 0) is 25.7 Å². The first-order chi connectivity index (χ1) is 9.89. The lowest BCUT2D eigenvalue weighted by Crippen LogP contribution is -2.55. The van der Waals surface area contributed by atoms with E-state index in [1.165, 1.54) is 32.1 Å². The van der Waals surface area contributed by atoms with Gasteiger partial charge >= 0.3 is 0 Å².